The highest BCUT2D eigenvalue weighted by Gasteiger charge is 2.63. The molecule has 3 aliphatic carbocycles. The molecule has 2 aromatic carbocycles. The summed E-state index contributed by atoms with van der Waals surface area (Å²) in [6, 6.07) is 16.0. The van der Waals surface area contributed by atoms with Gasteiger partial charge in [-0.3, -0.25) is 9.59 Å². The zero-order valence-electron chi connectivity index (χ0n) is 15.6. The maximum absolute atomic E-state index is 13.3. The highest BCUT2D eigenvalue weighted by atomic mass is 16.6. The van der Waals surface area contributed by atoms with E-state index in [1.165, 1.54) is 12.2 Å². The lowest BCUT2D eigenvalue weighted by Crippen LogP contribution is -2.53. The van der Waals surface area contributed by atoms with Crippen molar-refractivity contribution in [2.45, 2.75) is 18.3 Å². The van der Waals surface area contributed by atoms with Crippen LogP contribution < -0.4 is 0 Å². The second-order valence-corrected chi connectivity index (χ2v) is 7.19. The van der Waals surface area contributed by atoms with Gasteiger partial charge >= 0.3 is 11.9 Å². The van der Waals surface area contributed by atoms with Crippen molar-refractivity contribution in [2.75, 3.05) is 13.2 Å². The lowest BCUT2D eigenvalue weighted by atomic mass is 9.52. The minimum Gasteiger partial charge on any atom is -0.461 e. The number of fused-ring (bicyclic) bond motifs is 1. The number of carbonyl (C=O) groups excluding carboxylic acids is 2. The first-order chi connectivity index (χ1) is 13.6. The second-order valence-electron chi connectivity index (χ2n) is 7.19. The van der Waals surface area contributed by atoms with E-state index in [0.29, 0.717) is 6.42 Å². The quantitative estimate of drug-likeness (QED) is 0.434. The van der Waals surface area contributed by atoms with Crippen LogP contribution in [0, 0.1) is 5.41 Å². The SMILES string of the molecule is C=CCOC(=O)C1(C(=O)OCC=C)CC2c3ccccc3C1c1ccccc12. The second kappa shape index (κ2) is 7.12. The molecule has 142 valence electrons. The summed E-state index contributed by atoms with van der Waals surface area (Å²) in [5.74, 6) is -1.62. The molecule has 0 amide bonds. The molecule has 3 aliphatic rings. The number of hydrogen-bond donors (Lipinski definition) is 0. The first-order valence-electron chi connectivity index (χ1n) is 9.39. The van der Waals surface area contributed by atoms with Crippen LogP contribution in [0.1, 0.15) is 40.5 Å². The van der Waals surface area contributed by atoms with Crippen molar-refractivity contribution in [3.8, 4) is 0 Å². The van der Waals surface area contributed by atoms with E-state index in [9.17, 15) is 9.59 Å². The van der Waals surface area contributed by atoms with Crippen molar-refractivity contribution < 1.29 is 19.1 Å². The van der Waals surface area contributed by atoms with Crippen LogP contribution in [0.25, 0.3) is 0 Å². The van der Waals surface area contributed by atoms with E-state index in [2.05, 4.69) is 25.3 Å². The lowest BCUT2D eigenvalue weighted by Gasteiger charge is -2.49. The van der Waals surface area contributed by atoms with Crippen molar-refractivity contribution in [3.63, 3.8) is 0 Å². The Morgan fingerprint density at radius 2 is 1.29 bits per heavy atom. The normalized spacial score (nSPS) is 20.4. The topological polar surface area (TPSA) is 52.6 Å². The smallest absolute Gasteiger partial charge is 0.324 e. The van der Waals surface area contributed by atoms with Crippen molar-refractivity contribution >= 4 is 11.9 Å². The molecule has 5 rings (SSSR count). The maximum Gasteiger partial charge on any atom is 0.324 e. The van der Waals surface area contributed by atoms with Gasteiger partial charge in [0.2, 0.25) is 0 Å². The van der Waals surface area contributed by atoms with E-state index in [4.69, 9.17) is 9.47 Å². The van der Waals surface area contributed by atoms with Gasteiger partial charge in [0.05, 0.1) is 0 Å². The first kappa shape index (κ1) is 18.2. The van der Waals surface area contributed by atoms with Crippen LogP contribution in [-0.4, -0.2) is 25.2 Å². The van der Waals surface area contributed by atoms with E-state index < -0.39 is 23.3 Å². The van der Waals surface area contributed by atoms with Crippen LogP contribution in [0.2, 0.25) is 0 Å². The Kier molecular flexibility index (Phi) is 4.63. The molecule has 4 heteroatoms. The first-order valence-corrected chi connectivity index (χ1v) is 9.39. The average molecular weight is 374 g/mol. The molecule has 0 unspecified atom stereocenters. The molecular formula is C24H22O4. The average Bonchev–Trinajstić information content (AvgIpc) is 2.75. The molecule has 2 aromatic rings. The molecule has 0 heterocycles. The fourth-order valence-electron chi connectivity index (χ4n) is 4.72. The van der Waals surface area contributed by atoms with Gasteiger partial charge in [-0.05, 0) is 28.7 Å². The fourth-order valence-corrected chi connectivity index (χ4v) is 4.72. The minimum absolute atomic E-state index is 0.0516. The molecule has 0 saturated heterocycles. The van der Waals surface area contributed by atoms with E-state index in [-0.39, 0.29) is 19.1 Å². The summed E-state index contributed by atoms with van der Waals surface area (Å²) in [7, 11) is 0. The highest BCUT2D eigenvalue weighted by molar-refractivity contribution is 6.03. The summed E-state index contributed by atoms with van der Waals surface area (Å²) >= 11 is 0. The summed E-state index contributed by atoms with van der Waals surface area (Å²) < 4.78 is 10.9. The molecule has 0 N–H and O–H groups in total. The summed E-state index contributed by atoms with van der Waals surface area (Å²) in [6.45, 7) is 7.32. The van der Waals surface area contributed by atoms with Gasteiger partial charge in [0.1, 0.15) is 13.2 Å². The van der Waals surface area contributed by atoms with Crippen LogP contribution in [0.4, 0.5) is 0 Å². The number of hydrogen-bond acceptors (Lipinski definition) is 4. The Morgan fingerprint density at radius 1 is 0.857 bits per heavy atom. The largest absolute Gasteiger partial charge is 0.461 e. The Labute approximate surface area is 164 Å². The van der Waals surface area contributed by atoms with Crippen LogP contribution in [0.15, 0.2) is 73.8 Å². The van der Waals surface area contributed by atoms with Crippen molar-refractivity contribution in [3.05, 3.63) is 96.1 Å². The third-order valence-corrected chi connectivity index (χ3v) is 5.78. The van der Waals surface area contributed by atoms with E-state index in [1.807, 2.05) is 36.4 Å². The molecular weight excluding hydrogens is 352 g/mol. The van der Waals surface area contributed by atoms with Gasteiger partial charge < -0.3 is 9.47 Å². The van der Waals surface area contributed by atoms with Crippen molar-refractivity contribution in [2.24, 2.45) is 5.41 Å². The molecule has 0 saturated carbocycles. The molecule has 0 aromatic heterocycles. The van der Waals surface area contributed by atoms with Crippen molar-refractivity contribution in [1.29, 1.82) is 0 Å². The fraction of sp³-hybridized carbons (Fsp3) is 0.250. The Hall–Kier alpha value is -3.14. The van der Waals surface area contributed by atoms with Crippen LogP contribution >= 0.6 is 0 Å². The number of ether oxygens (including phenoxy) is 2. The van der Waals surface area contributed by atoms with Gasteiger partial charge in [-0.2, -0.15) is 0 Å². The molecule has 4 nitrogen and oxygen atoms in total. The van der Waals surface area contributed by atoms with Crippen LogP contribution in [0.5, 0.6) is 0 Å². The molecule has 0 aliphatic heterocycles. The number of carbonyl (C=O) groups is 2. The van der Waals surface area contributed by atoms with E-state index in [1.54, 1.807) is 0 Å². The number of rotatable bonds is 6. The third kappa shape index (κ3) is 2.52. The summed E-state index contributed by atoms with van der Waals surface area (Å²) in [5.41, 5.74) is 2.89. The zero-order valence-corrected chi connectivity index (χ0v) is 15.6. The van der Waals surface area contributed by atoms with Gasteiger partial charge in [-0.25, -0.2) is 0 Å². The van der Waals surface area contributed by atoms with Crippen LogP contribution in [0.3, 0.4) is 0 Å². The predicted octanol–water partition coefficient (Wildman–Crippen LogP) is 4.11. The third-order valence-electron chi connectivity index (χ3n) is 5.78. The lowest BCUT2D eigenvalue weighted by molar-refractivity contribution is -0.174. The van der Waals surface area contributed by atoms with Gasteiger partial charge in [-0.15, -0.1) is 0 Å². The van der Waals surface area contributed by atoms with E-state index >= 15 is 0 Å². The standard InChI is InChI=1S/C24H22O4/c1-3-13-27-22(25)24(23(26)28-14-4-2)15-20-16-9-5-7-11-18(16)21(24)19-12-8-6-10-17(19)20/h3-12,20-21H,1-2,13-15H2. The van der Waals surface area contributed by atoms with Crippen LogP contribution in [-0.2, 0) is 19.1 Å². The zero-order chi connectivity index (χ0) is 19.7. The molecule has 0 atom stereocenters. The number of benzene rings is 2. The molecule has 0 radical (unpaired) electrons. The molecule has 2 bridgehead atoms. The van der Waals surface area contributed by atoms with Gasteiger partial charge in [0, 0.05) is 11.8 Å². The number of esters is 2. The summed E-state index contributed by atoms with van der Waals surface area (Å²) in [5, 5.41) is 0. The molecule has 0 spiro atoms. The predicted molar refractivity (Wildman–Crippen MR) is 106 cm³/mol. The van der Waals surface area contributed by atoms with Gasteiger partial charge in [0.25, 0.3) is 0 Å². The van der Waals surface area contributed by atoms with Gasteiger partial charge in [-0.1, -0.05) is 73.8 Å². The summed E-state index contributed by atoms with van der Waals surface area (Å²) in [6.07, 6.45) is 3.34. The van der Waals surface area contributed by atoms with E-state index in [0.717, 1.165) is 22.3 Å². The minimum atomic E-state index is -1.42. The van der Waals surface area contributed by atoms with Crippen molar-refractivity contribution in [1.82, 2.24) is 0 Å². The van der Waals surface area contributed by atoms with Gasteiger partial charge in [0.15, 0.2) is 5.41 Å². The Balaban J connectivity index is 1.92. The monoisotopic (exact) mass is 374 g/mol. The Morgan fingerprint density at radius 3 is 1.71 bits per heavy atom. The maximum atomic E-state index is 13.3. The molecule has 28 heavy (non-hydrogen) atoms. The highest BCUT2D eigenvalue weighted by Crippen LogP contribution is 2.61. The summed E-state index contributed by atoms with van der Waals surface area (Å²) in [4.78, 5) is 26.6. The Bertz CT molecular complexity index is 887. The molecule has 0 fully saturated rings.